The van der Waals surface area contributed by atoms with Crippen molar-refractivity contribution in [3.05, 3.63) is 42.0 Å². The van der Waals surface area contributed by atoms with Gasteiger partial charge in [-0.15, -0.1) is 11.8 Å². The molecule has 0 saturated carbocycles. The Kier molecular flexibility index (Phi) is 4.77. The number of aromatic nitrogens is 2. The molecule has 2 heterocycles. The van der Waals surface area contributed by atoms with Gasteiger partial charge in [0.15, 0.2) is 5.82 Å². The van der Waals surface area contributed by atoms with E-state index in [1.165, 1.54) is 6.39 Å². The Morgan fingerprint density at radius 1 is 1.32 bits per heavy atom. The Balaban J connectivity index is 1.93. The maximum absolute atomic E-state index is 13.1. The molecular formula is C16H19N3O2S. The second-order valence-electron chi connectivity index (χ2n) is 5.35. The van der Waals surface area contributed by atoms with E-state index in [1.807, 2.05) is 35.4 Å². The number of carbonyl (C=O) groups is 1. The van der Waals surface area contributed by atoms with Crippen LogP contribution in [-0.2, 0) is 0 Å². The Morgan fingerprint density at radius 2 is 2.18 bits per heavy atom. The van der Waals surface area contributed by atoms with Crippen LogP contribution in [0.25, 0.3) is 0 Å². The van der Waals surface area contributed by atoms with E-state index in [2.05, 4.69) is 10.1 Å². The summed E-state index contributed by atoms with van der Waals surface area (Å²) in [4.78, 5) is 20.2. The molecule has 0 radical (unpaired) electrons. The molecule has 1 fully saturated rings. The van der Waals surface area contributed by atoms with E-state index in [0.29, 0.717) is 5.82 Å². The van der Waals surface area contributed by atoms with Gasteiger partial charge >= 0.3 is 0 Å². The fourth-order valence-electron chi connectivity index (χ4n) is 2.92. The predicted octanol–water partition coefficient (Wildman–Crippen LogP) is 3.55. The molecule has 1 aliphatic rings. The summed E-state index contributed by atoms with van der Waals surface area (Å²) < 4.78 is 4.88. The van der Waals surface area contributed by atoms with Crippen LogP contribution in [-0.4, -0.2) is 33.7 Å². The first kappa shape index (κ1) is 15.1. The lowest BCUT2D eigenvalue weighted by Gasteiger charge is -2.28. The van der Waals surface area contributed by atoms with Crippen molar-refractivity contribution in [2.24, 2.45) is 0 Å². The topological polar surface area (TPSA) is 59.2 Å². The molecule has 3 rings (SSSR count). The second kappa shape index (κ2) is 6.96. The largest absolute Gasteiger partial charge is 0.343 e. The molecule has 0 N–H and O–H groups in total. The van der Waals surface area contributed by atoms with Crippen LogP contribution in [0.1, 0.15) is 47.9 Å². The van der Waals surface area contributed by atoms with Crippen molar-refractivity contribution >= 4 is 17.7 Å². The van der Waals surface area contributed by atoms with Gasteiger partial charge in [0.1, 0.15) is 0 Å². The SMILES string of the molecule is CSc1ccccc1C(=O)N1CCCCC[C@H]1c1ncon1. The molecule has 0 spiro atoms. The lowest BCUT2D eigenvalue weighted by atomic mass is 10.1. The van der Waals surface area contributed by atoms with Crippen LogP contribution in [0.3, 0.4) is 0 Å². The third kappa shape index (κ3) is 3.02. The standard InChI is InChI=1S/C16H19N3O2S/c1-22-14-9-5-4-7-12(14)16(20)19-10-6-2-3-8-13(19)15-17-11-21-18-15/h4-5,7,9,11,13H,2-3,6,8,10H2,1H3/t13-/m0/s1. The fraction of sp³-hybridized carbons (Fsp3) is 0.438. The number of benzene rings is 1. The lowest BCUT2D eigenvalue weighted by Crippen LogP contribution is -2.35. The number of hydrogen-bond donors (Lipinski definition) is 0. The molecule has 1 amide bonds. The van der Waals surface area contributed by atoms with Gasteiger partial charge in [0, 0.05) is 11.4 Å². The van der Waals surface area contributed by atoms with Gasteiger partial charge in [0.05, 0.1) is 11.6 Å². The minimum atomic E-state index is -0.0938. The van der Waals surface area contributed by atoms with Crippen molar-refractivity contribution in [2.45, 2.75) is 36.6 Å². The average Bonchev–Trinajstić information content (AvgIpc) is 2.98. The van der Waals surface area contributed by atoms with E-state index >= 15 is 0 Å². The summed E-state index contributed by atoms with van der Waals surface area (Å²) in [6.45, 7) is 0.737. The van der Waals surface area contributed by atoms with Crippen LogP contribution in [0.15, 0.2) is 40.1 Å². The van der Waals surface area contributed by atoms with Gasteiger partial charge in [0.25, 0.3) is 5.91 Å². The summed E-state index contributed by atoms with van der Waals surface area (Å²) in [7, 11) is 0. The van der Waals surface area contributed by atoms with Crippen molar-refractivity contribution in [1.82, 2.24) is 15.0 Å². The molecule has 6 heteroatoms. The normalized spacial score (nSPS) is 19.0. The highest BCUT2D eigenvalue weighted by Gasteiger charge is 2.31. The lowest BCUT2D eigenvalue weighted by molar-refractivity contribution is 0.0667. The highest BCUT2D eigenvalue weighted by atomic mass is 32.2. The number of rotatable bonds is 3. The zero-order chi connectivity index (χ0) is 15.4. The van der Waals surface area contributed by atoms with Crippen molar-refractivity contribution in [1.29, 1.82) is 0 Å². The Morgan fingerprint density at radius 3 is 2.95 bits per heavy atom. The molecular weight excluding hydrogens is 298 g/mol. The molecule has 1 aromatic heterocycles. The Hall–Kier alpha value is -1.82. The minimum absolute atomic E-state index is 0.0571. The van der Waals surface area contributed by atoms with Crippen molar-refractivity contribution in [3.63, 3.8) is 0 Å². The van der Waals surface area contributed by atoms with Gasteiger partial charge in [-0.3, -0.25) is 4.79 Å². The summed E-state index contributed by atoms with van der Waals surface area (Å²) in [5.41, 5.74) is 0.755. The first-order valence-electron chi connectivity index (χ1n) is 7.51. The van der Waals surface area contributed by atoms with Crippen LogP contribution in [0.4, 0.5) is 0 Å². The van der Waals surface area contributed by atoms with E-state index in [4.69, 9.17) is 4.52 Å². The maximum atomic E-state index is 13.1. The average molecular weight is 317 g/mol. The number of nitrogens with zero attached hydrogens (tertiary/aromatic N) is 3. The molecule has 22 heavy (non-hydrogen) atoms. The van der Waals surface area contributed by atoms with Crippen LogP contribution in [0.2, 0.25) is 0 Å². The van der Waals surface area contributed by atoms with Gasteiger partial charge in [0.2, 0.25) is 6.39 Å². The first-order valence-corrected chi connectivity index (χ1v) is 8.74. The van der Waals surface area contributed by atoms with Crippen molar-refractivity contribution < 1.29 is 9.32 Å². The molecule has 0 aliphatic carbocycles. The molecule has 0 bridgehead atoms. The number of likely N-dealkylation sites (tertiary alicyclic amines) is 1. The van der Waals surface area contributed by atoms with Crippen LogP contribution in [0.5, 0.6) is 0 Å². The molecule has 1 atom stereocenters. The molecule has 116 valence electrons. The number of carbonyl (C=O) groups excluding carboxylic acids is 1. The predicted molar refractivity (Wildman–Crippen MR) is 84.8 cm³/mol. The summed E-state index contributed by atoms with van der Waals surface area (Å²) in [6, 6.07) is 7.66. The second-order valence-corrected chi connectivity index (χ2v) is 6.20. The molecule has 5 nitrogen and oxygen atoms in total. The van der Waals surface area contributed by atoms with E-state index in [-0.39, 0.29) is 11.9 Å². The van der Waals surface area contributed by atoms with Gasteiger partial charge in [-0.25, -0.2) is 0 Å². The summed E-state index contributed by atoms with van der Waals surface area (Å²) in [5.74, 6) is 0.665. The van der Waals surface area contributed by atoms with Crippen LogP contribution in [0, 0.1) is 0 Å². The molecule has 1 aromatic carbocycles. The van der Waals surface area contributed by atoms with Gasteiger partial charge in [-0.05, 0) is 31.2 Å². The fourth-order valence-corrected chi connectivity index (χ4v) is 3.51. The molecule has 2 aromatic rings. The zero-order valence-electron chi connectivity index (χ0n) is 12.6. The number of amides is 1. The van der Waals surface area contributed by atoms with Gasteiger partial charge in [-0.2, -0.15) is 4.98 Å². The first-order chi connectivity index (χ1) is 10.8. The summed E-state index contributed by atoms with van der Waals surface area (Å²) in [5, 5.41) is 3.97. The van der Waals surface area contributed by atoms with Crippen molar-refractivity contribution in [3.8, 4) is 0 Å². The number of hydrogen-bond acceptors (Lipinski definition) is 5. The molecule has 1 aliphatic heterocycles. The van der Waals surface area contributed by atoms with Crippen molar-refractivity contribution in [2.75, 3.05) is 12.8 Å². The van der Waals surface area contributed by atoms with Gasteiger partial charge < -0.3 is 9.42 Å². The molecule has 0 unspecified atom stereocenters. The third-order valence-corrected chi connectivity index (χ3v) is 4.82. The Bertz CT molecular complexity index is 630. The quantitative estimate of drug-likeness (QED) is 0.810. The highest BCUT2D eigenvalue weighted by molar-refractivity contribution is 7.98. The number of thioether (sulfide) groups is 1. The smallest absolute Gasteiger partial charge is 0.255 e. The molecule has 1 saturated heterocycles. The van der Waals surface area contributed by atoms with E-state index in [0.717, 1.165) is 42.7 Å². The summed E-state index contributed by atoms with van der Waals surface area (Å²) >= 11 is 1.59. The van der Waals surface area contributed by atoms with E-state index in [9.17, 15) is 4.79 Å². The van der Waals surface area contributed by atoms with Gasteiger partial charge in [-0.1, -0.05) is 30.1 Å². The van der Waals surface area contributed by atoms with E-state index in [1.54, 1.807) is 11.8 Å². The zero-order valence-corrected chi connectivity index (χ0v) is 13.4. The Labute approximate surface area is 134 Å². The highest BCUT2D eigenvalue weighted by Crippen LogP contribution is 2.31. The summed E-state index contributed by atoms with van der Waals surface area (Å²) in [6.07, 6.45) is 7.42. The minimum Gasteiger partial charge on any atom is -0.343 e. The monoisotopic (exact) mass is 317 g/mol. The maximum Gasteiger partial charge on any atom is 0.255 e. The van der Waals surface area contributed by atoms with Crippen LogP contribution >= 0.6 is 11.8 Å². The van der Waals surface area contributed by atoms with Crippen LogP contribution < -0.4 is 0 Å². The van der Waals surface area contributed by atoms with E-state index < -0.39 is 0 Å². The third-order valence-electron chi connectivity index (χ3n) is 4.03.